The van der Waals surface area contributed by atoms with Crippen molar-refractivity contribution >= 4 is 0 Å². The lowest BCUT2D eigenvalue weighted by atomic mass is 9.85. The normalized spacial score (nSPS) is 20.0. The van der Waals surface area contributed by atoms with Gasteiger partial charge in [0.05, 0.1) is 17.1 Å². The van der Waals surface area contributed by atoms with Crippen LogP contribution in [-0.4, -0.2) is 15.0 Å². The molecule has 3 aromatic rings. The van der Waals surface area contributed by atoms with E-state index in [1.165, 1.54) is 30.4 Å². The Morgan fingerprint density at radius 1 is 0.812 bits per heavy atom. The summed E-state index contributed by atoms with van der Waals surface area (Å²) in [5, 5.41) is 0. The van der Waals surface area contributed by atoms with Crippen LogP contribution in [0.5, 0.6) is 0 Å². The maximum absolute atomic E-state index is 4.93. The van der Waals surface area contributed by atoms with Gasteiger partial charge in [-0.25, -0.2) is 9.97 Å². The van der Waals surface area contributed by atoms with Gasteiger partial charge < -0.3 is 0 Å². The number of benzene rings is 1. The number of rotatable bonds is 2. The maximum Gasteiger partial charge on any atom is 0.161 e. The van der Waals surface area contributed by atoms with Crippen molar-refractivity contribution in [3.63, 3.8) is 0 Å². The van der Waals surface area contributed by atoms with E-state index in [-0.39, 0.29) is 10.8 Å². The highest BCUT2D eigenvalue weighted by atomic mass is 14.9. The van der Waals surface area contributed by atoms with Crippen molar-refractivity contribution in [1.82, 2.24) is 15.0 Å². The Hall–Kier alpha value is -2.55. The zero-order chi connectivity index (χ0) is 22.8. The lowest BCUT2D eigenvalue weighted by molar-refractivity contribution is 0.539. The number of pyridine rings is 1. The molecule has 2 unspecified atom stereocenters. The highest BCUT2D eigenvalue weighted by molar-refractivity contribution is 5.70. The Morgan fingerprint density at radius 3 is 2.06 bits per heavy atom. The van der Waals surface area contributed by atoms with E-state index in [2.05, 4.69) is 78.8 Å². The predicted molar refractivity (Wildman–Crippen MR) is 132 cm³/mol. The minimum atomic E-state index is -0.0357. The molecule has 2 heterocycles. The van der Waals surface area contributed by atoms with E-state index in [1.807, 2.05) is 6.20 Å². The molecule has 0 aliphatic heterocycles. The van der Waals surface area contributed by atoms with Crippen LogP contribution in [0.3, 0.4) is 0 Å². The molecule has 3 heteroatoms. The zero-order valence-electron chi connectivity index (χ0n) is 20.6. The van der Waals surface area contributed by atoms with Gasteiger partial charge in [-0.1, -0.05) is 53.7 Å². The zero-order valence-corrected chi connectivity index (χ0v) is 20.6. The third-order valence-corrected chi connectivity index (χ3v) is 7.39. The molecule has 2 atom stereocenters. The summed E-state index contributed by atoms with van der Waals surface area (Å²) in [5.41, 5.74) is 9.99. The van der Waals surface area contributed by atoms with Crippen molar-refractivity contribution in [3.8, 4) is 22.6 Å². The van der Waals surface area contributed by atoms with Crippen LogP contribution in [0.15, 0.2) is 36.5 Å². The van der Waals surface area contributed by atoms with Gasteiger partial charge in [0.1, 0.15) is 0 Å². The average Bonchev–Trinajstić information content (AvgIpc) is 3.35. The lowest BCUT2D eigenvalue weighted by Crippen LogP contribution is -2.20. The molecular formula is C29H35N3. The highest BCUT2D eigenvalue weighted by Gasteiger charge is 2.38. The number of nitrogens with zero attached hydrogens (tertiary/aromatic N) is 3. The maximum atomic E-state index is 4.93. The molecule has 2 aliphatic rings. The summed E-state index contributed by atoms with van der Waals surface area (Å²) < 4.78 is 0. The van der Waals surface area contributed by atoms with Crippen LogP contribution < -0.4 is 0 Å². The van der Waals surface area contributed by atoms with Crippen LogP contribution in [0.25, 0.3) is 22.6 Å². The van der Waals surface area contributed by atoms with Gasteiger partial charge in [0.2, 0.25) is 0 Å². The first kappa shape index (κ1) is 21.3. The van der Waals surface area contributed by atoms with E-state index < -0.39 is 0 Å². The van der Waals surface area contributed by atoms with Crippen molar-refractivity contribution in [3.05, 3.63) is 64.6 Å². The van der Waals surface area contributed by atoms with Gasteiger partial charge in [-0.3, -0.25) is 4.98 Å². The van der Waals surface area contributed by atoms with Gasteiger partial charge in [-0.05, 0) is 72.9 Å². The molecule has 32 heavy (non-hydrogen) atoms. The molecule has 1 saturated carbocycles. The second-order valence-corrected chi connectivity index (χ2v) is 11.8. The van der Waals surface area contributed by atoms with Crippen LogP contribution in [0.2, 0.25) is 0 Å². The van der Waals surface area contributed by atoms with E-state index in [1.54, 1.807) is 11.1 Å². The monoisotopic (exact) mass is 425 g/mol. The minimum Gasteiger partial charge on any atom is -0.255 e. The van der Waals surface area contributed by atoms with Crippen LogP contribution in [0, 0.1) is 6.92 Å². The second kappa shape index (κ2) is 7.23. The Balaban J connectivity index is 1.53. The Kier molecular flexibility index (Phi) is 4.81. The Bertz CT molecular complexity index is 1140. The fourth-order valence-corrected chi connectivity index (χ4v) is 5.48. The SMILES string of the molecule is Cc1c(-c2ccc(-c3nc(C(C)(C)C)cc(C(C)(C)C)n3)cn2)ccc2c1C1CCC2C1. The number of hydrogen-bond donors (Lipinski definition) is 0. The van der Waals surface area contributed by atoms with Crippen LogP contribution in [-0.2, 0) is 10.8 Å². The van der Waals surface area contributed by atoms with Gasteiger partial charge >= 0.3 is 0 Å². The van der Waals surface area contributed by atoms with Crippen molar-refractivity contribution in [2.45, 2.75) is 90.4 Å². The van der Waals surface area contributed by atoms with Crippen molar-refractivity contribution in [2.24, 2.45) is 0 Å². The molecule has 2 aromatic heterocycles. The average molecular weight is 426 g/mol. The summed E-state index contributed by atoms with van der Waals surface area (Å²) >= 11 is 0. The van der Waals surface area contributed by atoms with Gasteiger partial charge in [0.25, 0.3) is 0 Å². The second-order valence-electron chi connectivity index (χ2n) is 11.8. The molecule has 2 aliphatic carbocycles. The first-order chi connectivity index (χ1) is 15.0. The summed E-state index contributed by atoms with van der Waals surface area (Å²) in [7, 11) is 0. The van der Waals surface area contributed by atoms with Crippen LogP contribution in [0.4, 0.5) is 0 Å². The molecule has 0 spiro atoms. The molecule has 5 rings (SSSR count). The topological polar surface area (TPSA) is 38.7 Å². The molecule has 3 nitrogen and oxygen atoms in total. The lowest BCUT2D eigenvalue weighted by Gasteiger charge is -2.24. The van der Waals surface area contributed by atoms with Gasteiger partial charge in [0, 0.05) is 28.2 Å². The first-order valence-corrected chi connectivity index (χ1v) is 12.0. The summed E-state index contributed by atoms with van der Waals surface area (Å²) in [6, 6.07) is 11.1. The number of aromatic nitrogens is 3. The standard InChI is InChI=1S/C29H35N3/c1-17-21(11-12-22-18-8-9-19(14-18)26(17)22)23-13-10-20(16-30-23)27-31-24(28(2,3)4)15-25(32-27)29(5,6)7/h10-13,15-16,18-19H,8-9,14H2,1-7H3. The Morgan fingerprint density at radius 2 is 1.47 bits per heavy atom. The molecule has 166 valence electrons. The van der Waals surface area contributed by atoms with Gasteiger partial charge in [-0.15, -0.1) is 0 Å². The fraction of sp³-hybridized carbons (Fsp3) is 0.483. The first-order valence-electron chi connectivity index (χ1n) is 12.0. The van der Waals surface area contributed by atoms with Crippen molar-refractivity contribution in [1.29, 1.82) is 0 Å². The fourth-order valence-electron chi connectivity index (χ4n) is 5.48. The van der Waals surface area contributed by atoms with Crippen LogP contribution in [0.1, 0.15) is 101 Å². The molecular weight excluding hydrogens is 390 g/mol. The van der Waals surface area contributed by atoms with E-state index in [4.69, 9.17) is 15.0 Å². The van der Waals surface area contributed by atoms with E-state index >= 15 is 0 Å². The molecule has 1 aromatic carbocycles. The number of hydrogen-bond acceptors (Lipinski definition) is 3. The van der Waals surface area contributed by atoms with E-state index in [0.717, 1.165) is 40.3 Å². The van der Waals surface area contributed by atoms with Gasteiger partial charge in [0.15, 0.2) is 5.82 Å². The number of fused-ring (bicyclic) bond motifs is 5. The predicted octanol–water partition coefficient (Wildman–Crippen LogP) is 7.47. The van der Waals surface area contributed by atoms with Gasteiger partial charge in [-0.2, -0.15) is 0 Å². The largest absolute Gasteiger partial charge is 0.255 e. The molecule has 1 fully saturated rings. The van der Waals surface area contributed by atoms with E-state index in [9.17, 15) is 0 Å². The summed E-state index contributed by atoms with van der Waals surface area (Å²) in [4.78, 5) is 14.7. The molecule has 0 amide bonds. The quantitative estimate of drug-likeness (QED) is 0.427. The smallest absolute Gasteiger partial charge is 0.161 e. The van der Waals surface area contributed by atoms with Crippen molar-refractivity contribution < 1.29 is 0 Å². The van der Waals surface area contributed by atoms with E-state index in [0.29, 0.717) is 0 Å². The van der Waals surface area contributed by atoms with Crippen molar-refractivity contribution in [2.75, 3.05) is 0 Å². The van der Waals surface area contributed by atoms with Crippen LogP contribution >= 0.6 is 0 Å². The Labute approximate surface area is 192 Å². The summed E-state index contributed by atoms with van der Waals surface area (Å²) in [6.45, 7) is 15.5. The molecule has 2 bridgehead atoms. The summed E-state index contributed by atoms with van der Waals surface area (Å²) in [5.74, 6) is 2.32. The third-order valence-electron chi connectivity index (χ3n) is 7.39. The third kappa shape index (κ3) is 3.56. The molecule has 0 saturated heterocycles. The molecule has 0 N–H and O–H groups in total. The molecule has 0 radical (unpaired) electrons. The minimum absolute atomic E-state index is 0.0357. The summed E-state index contributed by atoms with van der Waals surface area (Å²) in [6.07, 6.45) is 6.02. The highest BCUT2D eigenvalue weighted by Crippen LogP contribution is 2.55.